The number of hydrogen-bond donors (Lipinski definition) is 1. The van der Waals surface area contributed by atoms with Crippen molar-refractivity contribution in [2.75, 3.05) is 6.61 Å². The number of amides is 3. The van der Waals surface area contributed by atoms with Gasteiger partial charge in [0.2, 0.25) is 0 Å². The highest BCUT2D eigenvalue weighted by molar-refractivity contribution is 6.22. The van der Waals surface area contributed by atoms with Crippen LogP contribution in [0.1, 0.15) is 73.6 Å². The summed E-state index contributed by atoms with van der Waals surface area (Å²) in [4.78, 5) is 49.9. The molecule has 7 heteroatoms. The number of rotatable bonds is 10. The quantitative estimate of drug-likeness (QED) is 0.378. The number of nitrogens with zero attached hydrogens (tertiary/aromatic N) is 1. The Morgan fingerprint density at radius 2 is 1.64 bits per heavy atom. The number of carbonyl (C=O) groups is 4. The smallest absolute Gasteiger partial charge is 0.329 e. The second-order valence-corrected chi connectivity index (χ2v) is 7.13. The lowest BCUT2D eigenvalue weighted by Gasteiger charge is -2.21. The SMILES string of the molecule is CCCCCC[C@H](C)NC(=O)COC(=O)[C@@H](C)N1C(=O)c2ccccc2C1=O. The first-order valence-electron chi connectivity index (χ1n) is 9.79. The van der Waals surface area contributed by atoms with Gasteiger partial charge in [0.05, 0.1) is 11.1 Å². The number of fused-ring (bicyclic) bond motifs is 1. The summed E-state index contributed by atoms with van der Waals surface area (Å²) < 4.78 is 5.02. The summed E-state index contributed by atoms with van der Waals surface area (Å²) in [5, 5.41) is 2.79. The van der Waals surface area contributed by atoms with E-state index in [-0.39, 0.29) is 17.2 Å². The number of unbranched alkanes of at least 4 members (excludes halogenated alkanes) is 3. The lowest BCUT2D eigenvalue weighted by atomic mass is 10.1. The van der Waals surface area contributed by atoms with Crippen LogP contribution in [0, 0.1) is 0 Å². The van der Waals surface area contributed by atoms with Crippen LogP contribution in [0.3, 0.4) is 0 Å². The summed E-state index contributed by atoms with van der Waals surface area (Å²) in [6.07, 6.45) is 5.36. The summed E-state index contributed by atoms with van der Waals surface area (Å²) in [6.45, 7) is 5.03. The number of hydrogen-bond acceptors (Lipinski definition) is 5. The van der Waals surface area contributed by atoms with Gasteiger partial charge in [0.25, 0.3) is 17.7 Å². The third-order valence-corrected chi connectivity index (χ3v) is 4.80. The molecule has 0 unspecified atom stereocenters. The highest BCUT2D eigenvalue weighted by atomic mass is 16.5. The Morgan fingerprint density at radius 1 is 1.04 bits per heavy atom. The third-order valence-electron chi connectivity index (χ3n) is 4.80. The van der Waals surface area contributed by atoms with Crippen molar-refractivity contribution in [2.45, 2.75) is 65.0 Å². The minimum atomic E-state index is -1.10. The van der Waals surface area contributed by atoms with E-state index in [1.165, 1.54) is 13.3 Å². The second kappa shape index (κ2) is 10.0. The molecular formula is C21H28N2O5. The molecule has 7 nitrogen and oxygen atoms in total. The number of esters is 1. The fraction of sp³-hybridized carbons (Fsp3) is 0.524. The highest BCUT2D eigenvalue weighted by Gasteiger charge is 2.41. The molecule has 28 heavy (non-hydrogen) atoms. The Kier molecular flexibility index (Phi) is 7.72. The van der Waals surface area contributed by atoms with Gasteiger partial charge in [0, 0.05) is 6.04 Å². The van der Waals surface area contributed by atoms with Gasteiger partial charge in [0.15, 0.2) is 6.61 Å². The molecule has 0 fully saturated rings. The van der Waals surface area contributed by atoms with Crippen molar-refractivity contribution >= 4 is 23.7 Å². The summed E-state index contributed by atoms with van der Waals surface area (Å²) in [6, 6.07) is 5.30. The summed E-state index contributed by atoms with van der Waals surface area (Å²) in [7, 11) is 0. The summed E-state index contributed by atoms with van der Waals surface area (Å²) in [5.74, 6) is -2.25. The van der Waals surface area contributed by atoms with Crippen molar-refractivity contribution in [3.63, 3.8) is 0 Å². The zero-order valence-corrected chi connectivity index (χ0v) is 16.7. The average molecular weight is 388 g/mol. The maximum Gasteiger partial charge on any atom is 0.329 e. The first-order valence-corrected chi connectivity index (χ1v) is 9.79. The molecule has 1 aliphatic rings. The first-order chi connectivity index (χ1) is 13.4. The minimum absolute atomic E-state index is 0.00304. The topological polar surface area (TPSA) is 92.8 Å². The van der Waals surface area contributed by atoms with E-state index in [1.54, 1.807) is 24.3 Å². The maximum absolute atomic E-state index is 12.4. The minimum Gasteiger partial charge on any atom is -0.454 e. The largest absolute Gasteiger partial charge is 0.454 e. The molecular weight excluding hydrogens is 360 g/mol. The fourth-order valence-corrected chi connectivity index (χ4v) is 3.19. The summed E-state index contributed by atoms with van der Waals surface area (Å²) in [5.41, 5.74) is 0.531. The van der Waals surface area contributed by atoms with Gasteiger partial charge < -0.3 is 10.1 Å². The van der Waals surface area contributed by atoms with Crippen LogP contribution in [0.2, 0.25) is 0 Å². The van der Waals surface area contributed by atoms with Crippen molar-refractivity contribution in [2.24, 2.45) is 0 Å². The molecule has 0 aliphatic carbocycles. The summed E-state index contributed by atoms with van der Waals surface area (Å²) >= 11 is 0. The van der Waals surface area contributed by atoms with E-state index in [9.17, 15) is 19.2 Å². The molecule has 0 spiro atoms. The van der Waals surface area contributed by atoms with E-state index in [1.807, 2.05) is 6.92 Å². The van der Waals surface area contributed by atoms with Gasteiger partial charge in [0.1, 0.15) is 6.04 Å². The van der Waals surface area contributed by atoms with Gasteiger partial charge in [-0.3, -0.25) is 19.3 Å². The highest BCUT2D eigenvalue weighted by Crippen LogP contribution is 2.24. The van der Waals surface area contributed by atoms with Gasteiger partial charge in [-0.15, -0.1) is 0 Å². The molecule has 1 aliphatic heterocycles. The van der Waals surface area contributed by atoms with Gasteiger partial charge >= 0.3 is 5.97 Å². The van der Waals surface area contributed by atoms with Crippen LogP contribution >= 0.6 is 0 Å². The predicted octanol–water partition coefficient (Wildman–Crippen LogP) is 2.69. The van der Waals surface area contributed by atoms with Gasteiger partial charge in [-0.2, -0.15) is 0 Å². The lowest BCUT2D eigenvalue weighted by molar-refractivity contribution is -0.152. The van der Waals surface area contributed by atoms with Gasteiger partial charge in [-0.05, 0) is 32.4 Å². The number of benzene rings is 1. The lowest BCUT2D eigenvalue weighted by Crippen LogP contribution is -2.45. The first kappa shape index (κ1) is 21.6. The molecule has 1 aromatic carbocycles. The van der Waals surface area contributed by atoms with Gasteiger partial charge in [-0.25, -0.2) is 4.79 Å². The van der Waals surface area contributed by atoms with Gasteiger partial charge in [-0.1, -0.05) is 44.7 Å². The average Bonchev–Trinajstić information content (AvgIpc) is 2.93. The van der Waals surface area contributed by atoms with Crippen LogP contribution < -0.4 is 5.32 Å². The number of nitrogens with one attached hydrogen (secondary N) is 1. The van der Waals surface area contributed by atoms with Crippen molar-refractivity contribution < 1.29 is 23.9 Å². The second-order valence-electron chi connectivity index (χ2n) is 7.13. The normalized spacial score (nSPS) is 15.2. The van der Waals surface area contributed by atoms with Crippen molar-refractivity contribution in [3.8, 4) is 0 Å². The molecule has 152 valence electrons. The molecule has 3 amide bonds. The monoisotopic (exact) mass is 388 g/mol. The predicted molar refractivity (Wildman–Crippen MR) is 104 cm³/mol. The Labute approximate surface area is 165 Å². The van der Waals surface area contributed by atoms with Crippen molar-refractivity contribution in [1.82, 2.24) is 10.2 Å². The molecule has 0 aromatic heterocycles. The third kappa shape index (κ3) is 5.18. The van der Waals surface area contributed by atoms with E-state index < -0.39 is 36.3 Å². The van der Waals surface area contributed by atoms with Crippen LogP contribution in [-0.2, 0) is 14.3 Å². The van der Waals surface area contributed by atoms with Crippen LogP contribution in [0.25, 0.3) is 0 Å². The van der Waals surface area contributed by atoms with Crippen LogP contribution in [0.5, 0.6) is 0 Å². The Morgan fingerprint density at radius 3 is 2.21 bits per heavy atom. The number of imide groups is 1. The molecule has 2 rings (SSSR count). The zero-order chi connectivity index (χ0) is 20.7. The molecule has 2 atom stereocenters. The molecule has 0 bridgehead atoms. The van der Waals surface area contributed by atoms with E-state index in [4.69, 9.17) is 4.74 Å². The Bertz CT molecular complexity index is 711. The van der Waals surface area contributed by atoms with E-state index >= 15 is 0 Å². The molecule has 0 saturated carbocycles. The van der Waals surface area contributed by atoms with Crippen molar-refractivity contribution in [1.29, 1.82) is 0 Å². The fourth-order valence-electron chi connectivity index (χ4n) is 3.19. The maximum atomic E-state index is 12.4. The van der Waals surface area contributed by atoms with Crippen molar-refractivity contribution in [3.05, 3.63) is 35.4 Å². The standard InChI is InChI=1S/C21H28N2O5/c1-4-5-6-7-10-14(2)22-18(24)13-28-21(27)15(3)23-19(25)16-11-8-9-12-17(16)20(23)26/h8-9,11-12,14-15H,4-7,10,13H2,1-3H3,(H,22,24)/t14-,15+/m0/s1. The Hall–Kier alpha value is -2.70. The Balaban J connectivity index is 1.81. The van der Waals surface area contributed by atoms with Crippen LogP contribution in [0.15, 0.2) is 24.3 Å². The molecule has 1 N–H and O–H groups in total. The van der Waals surface area contributed by atoms with Crippen LogP contribution in [-0.4, -0.2) is 47.3 Å². The zero-order valence-electron chi connectivity index (χ0n) is 16.7. The van der Waals surface area contributed by atoms with E-state index in [2.05, 4.69) is 12.2 Å². The van der Waals surface area contributed by atoms with E-state index in [0.29, 0.717) is 0 Å². The van der Waals surface area contributed by atoms with Crippen LogP contribution in [0.4, 0.5) is 0 Å². The number of carbonyl (C=O) groups excluding carboxylic acids is 4. The molecule has 0 saturated heterocycles. The molecule has 1 aromatic rings. The molecule has 0 radical (unpaired) electrons. The van der Waals surface area contributed by atoms with E-state index in [0.717, 1.165) is 30.6 Å². The number of ether oxygens (including phenoxy) is 1. The molecule has 1 heterocycles.